The third kappa shape index (κ3) is 3.08. The van der Waals surface area contributed by atoms with E-state index in [0.717, 1.165) is 27.7 Å². The lowest BCUT2D eigenvalue weighted by Gasteiger charge is -2.04. The summed E-state index contributed by atoms with van der Waals surface area (Å²) < 4.78 is 1.79. The lowest BCUT2D eigenvalue weighted by atomic mass is 10.2. The van der Waals surface area contributed by atoms with E-state index in [9.17, 15) is 0 Å². The van der Waals surface area contributed by atoms with Crippen molar-refractivity contribution >= 4 is 17.3 Å². The average Bonchev–Trinajstić information content (AvgIpc) is 3.02. The average molecular weight is 300 g/mol. The second-order valence-electron chi connectivity index (χ2n) is 4.78. The first kappa shape index (κ1) is 13.7. The zero-order valence-corrected chi connectivity index (χ0v) is 13.0. The molecule has 0 unspecified atom stereocenters. The molecule has 3 rings (SSSR count). The monoisotopic (exact) mass is 300 g/mol. The molecule has 0 aliphatic heterocycles. The summed E-state index contributed by atoms with van der Waals surface area (Å²) >= 11 is 1.64. The molecule has 1 N–H and O–H groups in total. The van der Waals surface area contributed by atoms with Gasteiger partial charge in [0.2, 0.25) is 5.95 Å². The van der Waals surface area contributed by atoms with Gasteiger partial charge in [0, 0.05) is 30.4 Å². The number of anilines is 1. The molecule has 108 valence electrons. The quantitative estimate of drug-likeness (QED) is 0.802. The number of hydrogen-bond donors (Lipinski definition) is 1. The summed E-state index contributed by atoms with van der Waals surface area (Å²) in [5, 5.41) is 10.6. The minimum atomic E-state index is 0.599. The van der Waals surface area contributed by atoms with Gasteiger partial charge in [-0.25, -0.2) is 15.0 Å². The number of nitrogens with zero attached hydrogens (tertiary/aromatic N) is 5. The van der Waals surface area contributed by atoms with Crippen molar-refractivity contribution in [2.45, 2.75) is 20.4 Å². The zero-order chi connectivity index (χ0) is 14.8. The number of nitrogens with one attached hydrogen (secondary N) is 1. The maximum absolute atomic E-state index is 4.54. The molecule has 0 saturated heterocycles. The maximum Gasteiger partial charge on any atom is 0.223 e. The highest BCUT2D eigenvalue weighted by atomic mass is 32.1. The van der Waals surface area contributed by atoms with E-state index in [4.69, 9.17) is 0 Å². The van der Waals surface area contributed by atoms with Crippen molar-refractivity contribution in [3.05, 3.63) is 40.2 Å². The van der Waals surface area contributed by atoms with Crippen molar-refractivity contribution in [3.8, 4) is 11.3 Å². The van der Waals surface area contributed by atoms with Crippen LogP contribution in [0.2, 0.25) is 0 Å². The van der Waals surface area contributed by atoms with Crippen molar-refractivity contribution in [2.24, 2.45) is 7.05 Å². The normalized spacial score (nSPS) is 10.8. The minimum absolute atomic E-state index is 0.599. The topological polar surface area (TPSA) is 68.5 Å². The summed E-state index contributed by atoms with van der Waals surface area (Å²) in [5.74, 6) is 0.599. The Morgan fingerprint density at radius 1 is 1.29 bits per heavy atom. The van der Waals surface area contributed by atoms with Crippen LogP contribution in [0.25, 0.3) is 11.3 Å². The molecular weight excluding hydrogens is 284 g/mol. The molecule has 3 aromatic heterocycles. The fourth-order valence-corrected chi connectivity index (χ4v) is 2.72. The van der Waals surface area contributed by atoms with E-state index in [1.165, 1.54) is 0 Å². The summed E-state index contributed by atoms with van der Waals surface area (Å²) in [6.07, 6.45) is 3.72. The van der Waals surface area contributed by atoms with E-state index in [-0.39, 0.29) is 0 Å². The Balaban J connectivity index is 1.78. The number of thiazole rings is 1. The van der Waals surface area contributed by atoms with E-state index >= 15 is 0 Å². The lowest BCUT2D eigenvalue weighted by molar-refractivity contribution is 0.756. The van der Waals surface area contributed by atoms with Gasteiger partial charge >= 0.3 is 0 Å². The highest BCUT2D eigenvalue weighted by Crippen LogP contribution is 2.20. The molecule has 3 heterocycles. The summed E-state index contributed by atoms with van der Waals surface area (Å²) in [6.45, 7) is 4.60. The van der Waals surface area contributed by atoms with Gasteiger partial charge in [0.15, 0.2) is 0 Å². The molecule has 0 bridgehead atoms. The molecule has 3 aromatic rings. The van der Waals surface area contributed by atoms with Gasteiger partial charge in [-0.3, -0.25) is 4.68 Å². The third-order valence-corrected chi connectivity index (χ3v) is 3.86. The van der Waals surface area contributed by atoms with Gasteiger partial charge in [-0.15, -0.1) is 11.3 Å². The van der Waals surface area contributed by atoms with Crippen LogP contribution in [0.3, 0.4) is 0 Å². The van der Waals surface area contributed by atoms with Gasteiger partial charge < -0.3 is 5.32 Å². The molecule has 0 radical (unpaired) electrons. The minimum Gasteiger partial charge on any atom is -0.349 e. The van der Waals surface area contributed by atoms with E-state index in [2.05, 4.69) is 25.4 Å². The van der Waals surface area contributed by atoms with Crippen LogP contribution >= 0.6 is 11.3 Å². The van der Waals surface area contributed by atoms with Crippen LogP contribution in [0.4, 0.5) is 5.95 Å². The van der Waals surface area contributed by atoms with E-state index in [1.54, 1.807) is 22.2 Å². The van der Waals surface area contributed by atoms with Gasteiger partial charge in [-0.1, -0.05) is 0 Å². The molecular formula is C14H16N6S. The Labute approximate surface area is 126 Å². The maximum atomic E-state index is 4.54. The molecule has 6 nitrogen and oxygen atoms in total. The Hall–Kier alpha value is -2.28. The van der Waals surface area contributed by atoms with Crippen molar-refractivity contribution in [2.75, 3.05) is 5.32 Å². The van der Waals surface area contributed by atoms with Gasteiger partial charge in [0.05, 0.1) is 28.6 Å². The number of rotatable bonds is 4. The SMILES string of the molecule is Cc1nc(CNc2nccc(-c3cn(C)nc3C)n2)cs1. The molecule has 0 fully saturated rings. The Bertz CT molecular complexity index is 760. The van der Waals surface area contributed by atoms with Crippen LogP contribution in [0, 0.1) is 13.8 Å². The predicted molar refractivity (Wildman–Crippen MR) is 83.1 cm³/mol. The molecule has 0 saturated carbocycles. The highest BCUT2D eigenvalue weighted by Gasteiger charge is 2.08. The summed E-state index contributed by atoms with van der Waals surface area (Å²) in [7, 11) is 1.90. The Kier molecular flexibility index (Phi) is 3.66. The number of hydrogen-bond acceptors (Lipinski definition) is 6. The predicted octanol–water partition coefficient (Wildman–Crippen LogP) is 2.56. The molecule has 0 aliphatic rings. The first-order valence-corrected chi connectivity index (χ1v) is 7.48. The van der Waals surface area contributed by atoms with Crippen LogP contribution in [-0.2, 0) is 13.6 Å². The van der Waals surface area contributed by atoms with Gasteiger partial charge in [-0.05, 0) is 19.9 Å². The molecule has 7 heteroatoms. The Morgan fingerprint density at radius 2 is 2.14 bits per heavy atom. The smallest absolute Gasteiger partial charge is 0.223 e. The van der Waals surface area contributed by atoms with Crippen molar-refractivity contribution in [3.63, 3.8) is 0 Å². The zero-order valence-electron chi connectivity index (χ0n) is 12.2. The van der Waals surface area contributed by atoms with E-state index in [1.807, 2.05) is 38.5 Å². The van der Waals surface area contributed by atoms with Crippen LogP contribution in [0.5, 0.6) is 0 Å². The largest absolute Gasteiger partial charge is 0.349 e. The van der Waals surface area contributed by atoms with Crippen LogP contribution in [-0.4, -0.2) is 24.7 Å². The van der Waals surface area contributed by atoms with E-state index in [0.29, 0.717) is 12.5 Å². The van der Waals surface area contributed by atoms with Gasteiger partial charge in [0.1, 0.15) is 0 Å². The fourth-order valence-electron chi connectivity index (χ4n) is 2.10. The van der Waals surface area contributed by atoms with Crippen LogP contribution in [0.1, 0.15) is 16.4 Å². The lowest BCUT2D eigenvalue weighted by Crippen LogP contribution is -2.04. The van der Waals surface area contributed by atoms with Crippen LogP contribution < -0.4 is 5.32 Å². The summed E-state index contributed by atoms with van der Waals surface area (Å²) in [6, 6.07) is 1.89. The molecule has 21 heavy (non-hydrogen) atoms. The molecule has 0 aromatic carbocycles. The van der Waals surface area contributed by atoms with Gasteiger partial charge in [0.25, 0.3) is 0 Å². The molecule has 0 amide bonds. The standard InChI is InChI=1S/C14H16N6S/c1-9-12(7-20(3)19-9)13-4-5-15-14(18-13)16-6-11-8-21-10(2)17-11/h4-5,7-8H,6H2,1-3H3,(H,15,16,18). The molecule has 0 atom stereocenters. The van der Waals surface area contributed by atoms with Gasteiger partial charge in [-0.2, -0.15) is 5.10 Å². The summed E-state index contributed by atoms with van der Waals surface area (Å²) in [4.78, 5) is 13.2. The molecule has 0 aliphatic carbocycles. The number of aryl methyl sites for hydroxylation is 3. The number of aromatic nitrogens is 5. The van der Waals surface area contributed by atoms with Crippen molar-refractivity contribution < 1.29 is 0 Å². The third-order valence-electron chi connectivity index (χ3n) is 3.04. The Morgan fingerprint density at radius 3 is 2.81 bits per heavy atom. The van der Waals surface area contributed by atoms with Crippen molar-refractivity contribution in [1.29, 1.82) is 0 Å². The second-order valence-corrected chi connectivity index (χ2v) is 5.84. The first-order chi connectivity index (χ1) is 10.1. The summed E-state index contributed by atoms with van der Waals surface area (Å²) in [5.41, 5.74) is 3.85. The van der Waals surface area contributed by atoms with Crippen LogP contribution in [0.15, 0.2) is 23.8 Å². The van der Waals surface area contributed by atoms with Crippen molar-refractivity contribution in [1.82, 2.24) is 24.7 Å². The second kappa shape index (κ2) is 5.61. The van der Waals surface area contributed by atoms with E-state index < -0.39 is 0 Å². The molecule has 0 spiro atoms. The first-order valence-electron chi connectivity index (χ1n) is 6.60. The fraction of sp³-hybridized carbons (Fsp3) is 0.286. The highest BCUT2D eigenvalue weighted by molar-refractivity contribution is 7.09.